The van der Waals surface area contributed by atoms with Crippen LogP contribution in [0, 0.1) is 0 Å². The number of hydrogen-bond acceptors (Lipinski definition) is 2. The zero-order valence-corrected chi connectivity index (χ0v) is 7.47. The van der Waals surface area contributed by atoms with Crippen molar-refractivity contribution >= 4 is 29.6 Å². The van der Waals surface area contributed by atoms with E-state index in [1.54, 1.807) is 11.8 Å². The van der Waals surface area contributed by atoms with Gasteiger partial charge in [0, 0.05) is 29.6 Å². The molecule has 0 heterocycles. The fourth-order valence-electron chi connectivity index (χ4n) is 0. The molecular weight excluding hydrogens is 101 g/mol. The second-order valence-corrected chi connectivity index (χ2v) is 1.60. The number of hydrogen-bond donors (Lipinski definition) is 1. The third-order valence-electron chi connectivity index (χ3n) is 0.747. The zero-order chi connectivity index (χ0) is 5.15. The van der Waals surface area contributed by atoms with Crippen molar-refractivity contribution in [3.05, 3.63) is 0 Å². The minimum absolute atomic E-state index is 0. The van der Waals surface area contributed by atoms with Crippen molar-refractivity contribution in [1.82, 2.24) is 4.90 Å². The summed E-state index contributed by atoms with van der Waals surface area (Å²) in [6, 6.07) is 0. The third kappa shape index (κ3) is 6.92. The van der Waals surface area contributed by atoms with Crippen LogP contribution >= 0.6 is 0 Å². The molecule has 0 amide bonds. The maximum atomic E-state index is 8.56. The summed E-state index contributed by atoms with van der Waals surface area (Å²) in [5, 5.41) is 8.56. The van der Waals surface area contributed by atoms with Crippen LogP contribution in [0.25, 0.3) is 0 Å². The molecule has 2 nitrogen and oxygen atoms in total. The largest absolute Gasteiger partial charge is 0.379 e. The molecule has 0 aliphatic carbocycles. The molecule has 7 heavy (non-hydrogen) atoms. The van der Waals surface area contributed by atoms with Gasteiger partial charge in [0.05, 0.1) is 0 Å². The van der Waals surface area contributed by atoms with Crippen molar-refractivity contribution in [2.75, 3.05) is 14.1 Å². The van der Waals surface area contributed by atoms with Gasteiger partial charge in [0.2, 0.25) is 0 Å². The van der Waals surface area contributed by atoms with Crippen molar-refractivity contribution in [2.45, 2.75) is 13.2 Å². The molecule has 0 saturated carbocycles. The van der Waals surface area contributed by atoms with Gasteiger partial charge in [0.15, 0.2) is 0 Å². The zero-order valence-electron chi connectivity index (χ0n) is 5.47. The number of aliphatic hydroxyl groups excluding tert-OH is 1. The summed E-state index contributed by atoms with van der Waals surface area (Å²) in [7, 11) is 3.65. The first-order chi connectivity index (χ1) is 2.64. The fourth-order valence-corrected chi connectivity index (χ4v) is 0. The first-order valence-corrected chi connectivity index (χ1v) is 1.99. The summed E-state index contributed by atoms with van der Waals surface area (Å²) in [4.78, 5) is 1.72. The van der Waals surface area contributed by atoms with Gasteiger partial charge in [-0.15, -0.1) is 0 Å². The Morgan fingerprint density at radius 2 is 1.57 bits per heavy atom. The Labute approximate surface area is 66.8 Å². The van der Waals surface area contributed by atoms with Crippen molar-refractivity contribution in [3.8, 4) is 0 Å². The molecule has 1 atom stereocenters. The van der Waals surface area contributed by atoms with Crippen LogP contribution in [0.15, 0.2) is 0 Å². The predicted octanol–water partition coefficient (Wildman–Crippen LogP) is -0.495. The van der Waals surface area contributed by atoms with E-state index < -0.39 is 0 Å². The molecule has 0 aromatic rings. The average Bonchev–Trinajstić information content (AvgIpc) is 1.36. The third-order valence-corrected chi connectivity index (χ3v) is 0.747. The van der Waals surface area contributed by atoms with E-state index in [0.29, 0.717) is 0 Å². The minimum atomic E-state index is -0.315. The van der Waals surface area contributed by atoms with Gasteiger partial charge in [0.1, 0.15) is 6.23 Å². The van der Waals surface area contributed by atoms with Gasteiger partial charge in [-0.2, -0.15) is 0 Å². The molecule has 0 bridgehead atoms. The predicted molar refractivity (Wildman–Crippen MR) is 31.1 cm³/mol. The Balaban J connectivity index is 0. The average molecular weight is 112 g/mol. The molecule has 1 radical (unpaired) electrons. The van der Waals surface area contributed by atoms with E-state index in [4.69, 9.17) is 5.11 Å². The van der Waals surface area contributed by atoms with Crippen LogP contribution in [0.3, 0.4) is 0 Å². The van der Waals surface area contributed by atoms with Crippen LogP contribution in [0.4, 0.5) is 0 Å². The van der Waals surface area contributed by atoms with E-state index in [9.17, 15) is 0 Å². The molecular formula is C4H11NNaO. The van der Waals surface area contributed by atoms with Gasteiger partial charge in [-0.25, -0.2) is 0 Å². The van der Waals surface area contributed by atoms with Crippen LogP contribution in [-0.2, 0) is 0 Å². The summed E-state index contributed by atoms with van der Waals surface area (Å²) >= 11 is 0. The van der Waals surface area contributed by atoms with Crippen LogP contribution < -0.4 is 0 Å². The van der Waals surface area contributed by atoms with E-state index in [2.05, 4.69) is 0 Å². The van der Waals surface area contributed by atoms with Crippen molar-refractivity contribution in [3.63, 3.8) is 0 Å². The van der Waals surface area contributed by atoms with Crippen LogP contribution in [0.2, 0.25) is 0 Å². The molecule has 39 valence electrons. The maximum Gasteiger partial charge on any atom is 0.104 e. The quantitative estimate of drug-likeness (QED) is 0.365. The molecule has 0 aromatic heterocycles. The maximum absolute atomic E-state index is 8.56. The minimum Gasteiger partial charge on any atom is -0.379 e. The summed E-state index contributed by atoms with van der Waals surface area (Å²) < 4.78 is 0. The first kappa shape index (κ1) is 10.8. The summed E-state index contributed by atoms with van der Waals surface area (Å²) in [5.74, 6) is 0. The van der Waals surface area contributed by atoms with E-state index in [1.165, 1.54) is 0 Å². The van der Waals surface area contributed by atoms with E-state index in [1.807, 2.05) is 14.1 Å². The molecule has 0 aliphatic rings. The molecule has 0 saturated heterocycles. The van der Waals surface area contributed by atoms with E-state index in [-0.39, 0.29) is 35.8 Å². The summed E-state index contributed by atoms with van der Waals surface area (Å²) in [6.07, 6.45) is -0.315. The topological polar surface area (TPSA) is 23.5 Å². The summed E-state index contributed by atoms with van der Waals surface area (Å²) in [5.41, 5.74) is 0. The van der Waals surface area contributed by atoms with Gasteiger partial charge < -0.3 is 5.11 Å². The Bertz CT molecular complexity index is 32.7. The standard InChI is InChI=1S/C4H11NO.Na/c1-4(6)5(2)3;/h4,6H,1-3H3;. The Morgan fingerprint density at radius 3 is 1.57 bits per heavy atom. The summed E-state index contributed by atoms with van der Waals surface area (Å²) in [6.45, 7) is 1.72. The van der Waals surface area contributed by atoms with Crippen molar-refractivity contribution in [2.24, 2.45) is 0 Å². The molecule has 0 spiro atoms. The molecule has 1 N–H and O–H groups in total. The van der Waals surface area contributed by atoms with Crippen LogP contribution in [0.1, 0.15) is 6.92 Å². The van der Waals surface area contributed by atoms with Crippen molar-refractivity contribution < 1.29 is 5.11 Å². The van der Waals surface area contributed by atoms with Crippen LogP contribution in [0.5, 0.6) is 0 Å². The van der Waals surface area contributed by atoms with Crippen LogP contribution in [-0.4, -0.2) is 59.9 Å². The van der Waals surface area contributed by atoms with Gasteiger partial charge in [0.25, 0.3) is 0 Å². The molecule has 1 unspecified atom stereocenters. The Kier molecular flexibility index (Phi) is 7.83. The smallest absolute Gasteiger partial charge is 0.104 e. The number of rotatable bonds is 1. The van der Waals surface area contributed by atoms with Gasteiger partial charge in [-0.3, -0.25) is 4.90 Å². The van der Waals surface area contributed by atoms with E-state index >= 15 is 0 Å². The molecule has 3 heteroatoms. The van der Waals surface area contributed by atoms with Gasteiger partial charge in [-0.05, 0) is 21.0 Å². The molecule has 0 rings (SSSR count). The molecule has 0 aromatic carbocycles. The molecule has 0 fully saturated rings. The normalized spacial score (nSPS) is 13.3. The van der Waals surface area contributed by atoms with Gasteiger partial charge in [-0.1, -0.05) is 0 Å². The second kappa shape index (κ2) is 5.06. The second-order valence-electron chi connectivity index (χ2n) is 1.60. The Hall–Kier alpha value is 0.920. The van der Waals surface area contributed by atoms with E-state index in [0.717, 1.165) is 0 Å². The number of aliphatic hydroxyl groups is 1. The Morgan fingerprint density at radius 1 is 1.43 bits per heavy atom. The van der Waals surface area contributed by atoms with Crippen molar-refractivity contribution in [1.29, 1.82) is 0 Å². The first-order valence-electron chi connectivity index (χ1n) is 1.99. The van der Waals surface area contributed by atoms with Gasteiger partial charge >= 0.3 is 0 Å². The SMILES string of the molecule is CC(O)N(C)C.[Na]. The molecule has 0 aliphatic heterocycles. The number of nitrogens with zero attached hydrogens (tertiary/aromatic N) is 1. The monoisotopic (exact) mass is 112 g/mol. The fraction of sp³-hybridized carbons (Fsp3) is 1.00.